The fourth-order valence-corrected chi connectivity index (χ4v) is 5.72. The third-order valence-electron chi connectivity index (χ3n) is 4.20. The Bertz CT molecular complexity index is 671. The van der Waals surface area contributed by atoms with Crippen molar-refractivity contribution in [1.82, 2.24) is 0 Å². The standard InChI is InChI=1S/C21H22OP/c1-23(20-13-7-3-8-14-20,21-15-9-4-10-16-21)18-17-22-19-11-5-2-6-12-19/h2-16H,17-18H2,1H3/q+1. The summed E-state index contributed by atoms with van der Waals surface area (Å²) in [5, 5.41) is 2.87. The van der Waals surface area contributed by atoms with E-state index in [1.54, 1.807) is 0 Å². The van der Waals surface area contributed by atoms with Gasteiger partial charge in [0.2, 0.25) is 0 Å². The molecular weight excluding hydrogens is 299 g/mol. The Morgan fingerprint density at radius 2 is 1.09 bits per heavy atom. The van der Waals surface area contributed by atoms with Gasteiger partial charge >= 0.3 is 0 Å². The lowest BCUT2D eigenvalue weighted by Crippen LogP contribution is -2.26. The molecule has 1 nitrogen and oxygen atoms in total. The molecule has 0 aliphatic carbocycles. The molecule has 3 aromatic carbocycles. The van der Waals surface area contributed by atoms with E-state index in [2.05, 4.69) is 67.3 Å². The highest BCUT2D eigenvalue weighted by Crippen LogP contribution is 2.52. The van der Waals surface area contributed by atoms with Crippen LogP contribution in [0.4, 0.5) is 0 Å². The van der Waals surface area contributed by atoms with E-state index in [0.717, 1.165) is 18.5 Å². The van der Waals surface area contributed by atoms with Gasteiger partial charge in [0.1, 0.15) is 18.5 Å². The van der Waals surface area contributed by atoms with E-state index in [-0.39, 0.29) is 0 Å². The van der Waals surface area contributed by atoms with Crippen LogP contribution in [0.5, 0.6) is 5.75 Å². The summed E-state index contributed by atoms with van der Waals surface area (Å²) in [5.41, 5.74) is 0. The van der Waals surface area contributed by atoms with Crippen LogP contribution in [-0.2, 0) is 0 Å². The van der Waals surface area contributed by atoms with Gasteiger partial charge in [0.25, 0.3) is 0 Å². The van der Waals surface area contributed by atoms with Crippen molar-refractivity contribution in [3.8, 4) is 5.75 Å². The third kappa shape index (κ3) is 3.81. The number of para-hydroxylation sites is 1. The molecule has 0 atom stereocenters. The number of benzene rings is 3. The van der Waals surface area contributed by atoms with E-state index in [9.17, 15) is 0 Å². The number of ether oxygens (including phenoxy) is 1. The fourth-order valence-electron chi connectivity index (χ4n) is 2.78. The topological polar surface area (TPSA) is 9.23 Å². The molecule has 3 rings (SSSR count). The van der Waals surface area contributed by atoms with Crippen molar-refractivity contribution in [1.29, 1.82) is 0 Å². The highest BCUT2D eigenvalue weighted by molar-refractivity contribution is 7.88. The quantitative estimate of drug-likeness (QED) is 0.613. The Balaban J connectivity index is 1.82. The molecule has 0 heterocycles. The van der Waals surface area contributed by atoms with Crippen LogP contribution in [0.25, 0.3) is 0 Å². The molecule has 0 fully saturated rings. The van der Waals surface area contributed by atoms with Crippen LogP contribution >= 0.6 is 7.26 Å². The Hall–Kier alpha value is -2.11. The molecule has 0 N–H and O–H groups in total. The second-order valence-corrected chi connectivity index (χ2v) is 9.61. The van der Waals surface area contributed by atoms with Crippen LogP contribution < -0.4 is 15.3 Å². The molecule has 0 saturated carbocycles. The minimum atomic E-state index is -1.44. The molecule has 23 heavy (non-hydrogen) atoms. The largest absolute Gasteiger partial charge is 0.490 e. The second-order valence-electron chi connectivity index (χ2n) is 5.75. The maximum Gasteiger partial charge on any atom is 0.122 e. The van der Waals surface area contributed by atoms with E-state index in [4.69, 9.17) is 4.74 Å². The maximum absolute atomic E-state index is 5.97. The monoisotopic (exact) mass is 321 g/mol. The first-order valence-electron chi connectivity index (χ1n) is 7.94. The Morgan fingerprint density at radius 1 is 0.652 bits per heavy atom. The summed E-state index contributed by atoms with van der Waals surface area (Å²) in [6, 6.07) is 31.8. The van der Waals surface area contributed by atoms with Crippen molar-refractivity contribution in [2.24, 2.45) is 0 Å². The number of hydrogen-bond donors (Lipinski definition) is 0. The molecule has 0 aromatic heterocycles. The van der Waals surface area contributed by atoms with Crippen molar-refractivity contribution in [2.45, 2.75) is 0 Å². The predicted molar refractivity (Wildman–Crippen MR) is 102 cm³/mol. The summed E-state index contributed by atoms with van der Waals surface area (Å²) < 4.78 is 5.97. The highest BCUT2D eigenvalue weighted by Gasteiger charge is 2.37. The summed E-state index contributed by atoms with van der Waals surface area (Å²) in [5.74, 6) is 0.945. The number of hydrogen-bond acceptors (Lipinski definition) is 1. The van der Waals surface area contributed by atoms with Crippen molar-refractivity contribution >= 4 is 17.9 Å². The van der Waals surface area contributed by atoms with Crippen LogP contribution in [0.3, 0.4) is 0 Å². The average molecular weight is 321 g/mol. The van der Waals surface area contributed by atoms with E-state index in [1.165, 1.54) is 10.6 Å². The van der Waals surface area contributed by atoms with Crippen molar-refractivity contribution in [3.63, 3.8) is 0 Å². The first kappa shape index (κ1) is 15.8. The van der Waals surface area contributed by atoms with Gasteiger partial charge in [-0.25, -0.2) is 0 Å². The molecule has 116 valence electrons. The SMILES string of the molecule is C[P+](CCOc1ccccc1)(c1ccccc1)c1ccccc1. The molecule has 0 unspecified atom stereocenters. The van der Waals surface area contributed by atoms with Gasteiger partial charge < -0.3 is 4.74 Å². The summed E-state index contributed by atoms with van der Waals surface area (Å²) in [4.78, 5) is 0. The molecular formula is C21H22OP+. The smallest absolute Gasteiger partial charge is 0.122 e. The van der Waals surface area contributed by atoms with Crippen LogP contribution in [0.1, 0.15) is 0 Å². The van der Waals surface area contributed by atoms with E-state index >= 15 is 0 Å². The summed E-state index contributed by atoms with van der Waals surface area (Å²) >= 11 is 0. The van der Waals surface area contributed by atoms with Gasteiger partial charge in [-0.05, 0) is 36.4 Å². The first-order valence-corrected chi connectivity index (χ1v) is 10.4. The lowest BCUT2D eigenvalue weighted by molar-refractivity contribution is 0.343. The third-order valence-corrected chi connectivity index (χ3v) is 8.16. The lowest BCUT2D eigenvalue weighted by atomic mass is 10.3. The zero-order valence-corrected chi connectivity index (χ0v) is 14.3. The molecule has 0 radical (unpaired) electrons. The second kappa shape index (κ2) is 7.44. The normalized spacial score (nSPS) is 11.2. The van der Waals surface area contributed by atoms with Gasteiger partial charge in [0.15, 0.2) is 0 Å². The Morgan fingerprint density at radius 3 is 1.57 bits per heavy atom. The minimum absolute atomic E-state index is 0.734. The van der Waals surface area contributed by atoms with Gasteiger partial charge in [-0.15, -0.1) is 0 Å². The van der Waals surface area contributed by atoms with Crippen LogP contribution in [0.2, 0.25) is 0 Å². The van der Waals surface area contributed by atoms with Crippen LogP contribution in [-0.4, -0.2) is 19.4 Å². The molecule has 0 amide bonds. The zero-order chi connectivity index (χ0) is 16.0. The Labute approximate surface area is 139 Å². The Kier molecular flexibility index (Phi) is 5.10. The summed E-state index contributed by atoms with van der Waals surface area (Å²) in [6.07, 6.45) is 1.04. The van der Waals surface area contributed by atoms with Crippen molar-refractivity contribution in [2.75, 3.05) is 19.4 Å². The molecule has 3 aromatic rings. The fraction of sp³-hybridized carbons (Fsp3) is 0.143. The minimum Gasteiger partial charge on any atom is -0.490 e. The average Bonchev–Trinajstić information content (AvgIpc) is 2.64. The molecule has 0 aliphatic rings. The van der Waals surface area contributed by atoms with Crippen molar-refractivity contribution < 1.29 is 4.74 Å². The lowest BCUT2D eigenvalue weighted by Gasteiger charge is -2.23. The number of rotatable bonds is 6. The molecule has 0 saturated heterocycles. The summed E-state index contributed by atoms with van der Waals surface area (Å²) in [7, 11) is -1.44. The summed E-state index contributed by atoms with van der Waals surface area (Å²) in [6.45, 7) is 3.14. The van der Waals surface area contributed by atoms with Crippen LogP contribution in [0.15, 0.2) is 91.0 Å². The van der Waals surface area contributed by atoms with Gasteiger partial charge in [-0.2, -0.15) is 0 Å². The predicted octanol–water partition coefficient (Wildman–Crippen LogP) is 4.36. The van der Waals surface area contributed by atoms with E-state index in [0.29, 0.717) is 0 Å². The molecule has 0 spiro atoms. The first-order chi connectivity index (χ1) is 11.3. The molecule has 0 bridgehead atoms. The maximum atomic E-state index is 5.97. The van der Waals surface area contributed by atoms with Gasteiger partial charge in [-0.1, -0.05) is 54.6 Å². The van der Waals surface area contributed by atoms with Crippen LogP contribution in [0, 0.1) is 0 Å². The van der Waals surface area contributed by atoms with Gasteiger partial charge in [0, 0.05) is 0 Å². The molecule has 0 aliphatic heterocycles. The van der Waals surface area contributed by atoms with Gasteiger partial charge in [0.05, 0.1) is 24.5 Å². The zero-order valence-electron chi connectivity index (χ0n) is 13.4. The highest BCUT2D eigenvalue weighted by atomic mass is 31.2. The van der Waals surface area contributed by atoms with Gasteiger partial charge in [-0.3, -0.25) is 0 Å². The molecule has 2 heteroatoms. The van der Waals surface area contributed by atoms with E-state index in [1.807, 2.05) is 30.3 Å². The van der Waals surface area contributed by atoms with Crippen molar-refractivity contribution in [3.05, 3.63) is 91.0 Å². The van der Waals surface area contributed by atoms with E-state index < -0.39 is 7.26 Å².